The number of aliphatic imine (C=N–C) groups is 1. The minimum atomic E-state index is 0. The second kappa shape index (κ2) is 11.2. The summed E-state index contributed by atoms with van der Waals surface area (Å²) in [6.45, 7) is 10.3. The fourth-order valence-corrected chi connectivity index (χ4v) is 2.74. The maximum absolute atomic E-state index is 4.63. The lowest BCUT2D eigenvalue weighted by Crippen LogP contribution is -2.44. The van der Waals surface area contributed by atoms with E-state index >= 15 is 0 Å². The third-order valence-corrected chi connectivity index (χ3v) is 5.80. The molecule has 2 N–H and O–H groups in total. The molecule has 0 atom stereocenters. The highest BCUT2D eigenvalue weighted by Crippen LogP contribution is 2.19. The van der Waals surface area contributed by atoms with Crippen molar-refractivity contribution in [1.29, 1.82) is 0 Å². The van der Waals surface area contributed by atoms with Gasteiger partial charge in [-0.05, 0) is 38.8 Å². The van der Waals surface area contributed by atoms with Gasteiger partial charge in [0.15, 0.2) is 5.96 Å². The van der Waals surface area contributed by atoms with Crippen molar-refractivity contribution < 1.29 is 0 Å². The van der Waals surface area contributed by atoms with Crippen LogP contribution in [0.1, 0.15) is 19.4 Å². The number of guanidine groups is 1. The molecule has 2 rings (SSSR count). The lowest BCUT2D eigenvalue weighted by atomic mass is 10.2. The van der Waals surface area contributed by atoms with E-state index in [0.29, 0.717) is 0 Å². The summed E-state index contributed by atoms with van der Waals surface area (Å²) in [5, 5.41) is 6.74. The molecule has 1 aliphatic heterocycles. The molecule has 1 saturated heterocycles. The van der Waals surface area contributed by atoms with E-state index in [-0.39, 0.29) is 28.7 Å². The first kappa shape index (κ1) is 23.3. The van der Waals surface area contributed by atoms with Crippen molar-refractivity contribution in [2.75, 3.05) is 58.0 Å². The second-order valence-electron chi connectivity index (χ2n) is 7.06. The van der Waals surface area contributed by atoms with Crippen LogP contribution in [0.25, 0.3) is 0 Å². The quantitative estimate of drug-likeness (QED) is 0.361. The fraction of sp³-hybridized carbons (Fsp3) is 0.667. The minimum Gasteiger partial charge on any atom is -0.355 e. The Bertz CT molecular complexity index is 555. The third-order valence-electron chi connectivity index (χ3n) is 4.55. The molecule has 0 aliphatic carbocycles. The predicted octanol–water partition coefficient (Wildman–Crippen LogP) is 2.26. The molecule has 148 valence electrons. The molecule has 0 spiro atoms. The molecule has 1 aromatic rings. The molecule has 1 fully saturated rings. The maximum Gasteiger partial charge on any atom is 0.191 e. The molecule has 8 heteroatoms. The Balaban J connectivity index is 0.00000338. The van der Waals surface area contributed by atoms with E-state index in [1.807, 2.05) is 18.0 Å². The number of likely N-dealkylation sites (N-methyl/N-ethyl adjacent to an activating group) is 1. The molecule has 1 aromatic heterocycles. The van der Waals surface area contributed by atoms with Crippen LogP contribution in [0.15, 0.2) is 23.3 Å². The molecule has 26 heavy (non-hydrogen) atoms. The van der Waals surface area contributed by atoms with Crippen molar-refractivity contribution in [1.82, 2.24) is 20.5 Å². The highest BCUT2D eigenvalue weighted by molar-refractivity contribution is 14.0. The summed E-state index contributed by atoms with van der Waals surface area (Å²) in [6.07, 6.45) is 4.09. The molecule has 0 saturated carbocycles. The van der Waals surface area contributed by atoms with Gasteiger partial charge in [-0.25, -0.2) is 4.98 Å². The van der Waals surface area contributed by atoms with Gasteiger partial charge in [0.1, 0.15) is 5.82 Å². The number of pyridine rings is 1. The van der Waals surface area contributed by atoms with Crippen LogP contribution in [0.3, 0.4) is 0 Å². The van der Waals surface area contributed by atoms with Gasteiger partial charge in [-0.2, -0.15) is 11.8 Å². The van der Waals surface area contributed by atoms with Gasteiger partial charge in [0.25, 0.3) is 0 Å². The molecular weight excluding hydrogens is 459 g/mol. The van der Waals surface area contributed by atoms with E-state index < -0.39 is 0 Å². The first-order valence-electron chi connectivity index (χ1n) is 8.81. The Morgan fingerprint density at radius 1 is 1.23 bits per heavy atom. The number of aromatic nitrogens is 1. The Morgan fingerprint density at radius 2 is 1.92 bits per heavy atom. The van der Waals surface area contributed by atoms with Gasteiger partial charge in [0, 0.05) is 57.3 Å². The van der Waals surface area contributed by atoms with Gasteiger partial charge in [-0.1, -0.05) is 6.07 Å². The molecule has 0 bridgehead atoms. The van der Waals surface area contributed by atoms with Crippen LogP contribution in [0.5, 0.6) is 0 Å². The van der Waals surface area contributed by atoms with E-state index in [4.69, 9.17) is 0 Å². The van der Waals surface area contributed by atoms with Crippen LogP contribution >= 0.6 is 35.7 Å². The maximum atomic E-state index is 4.63. The van der Waals surface area contributed by atoms with Gasteiger partial charge in [0.05, 0.1) is 0 Å². The Kier molecular flexibility index (Phi) is 10.0. The van der Waals surface area contributed by atoms with Crippen LogP contribution in [-0.2, 0) is 6.54 Å². The van der Waals surface area contributed by atoms with Crippen LogP contribution in [-0.4, -0.2) is 73.7 Å². The summed E-state index contributed by atoms with van der Waals surface area (Å²) in [7, 11) is 3.97. The van der Waals surface area contributed by atoms with Gasteiger partial charge >= 0.3 is 0 Å². The average molecular weight is 492 g/mol. The molecule has 0 unspecified atom stereocenters. The number of rotatable bonds is 6. The SMILES string of the molecule is CN=C(NCc1ccc(N2CCN(C)CC2)nc1)NCC(C)(C)SC.I. The number of nitrogens with one attached hydrogen (secondary N) is 2. The Morgan fingerprint density at radius 3 is 2.46 bits per heavy atom. The molecule has 0 amide bonds. The molecule has 2 heterocycles. The number of nitrogens with zero attached hydrogens (tertiary/aromatic N) is 4. The summed E-state index contributed by atoms with van der Waals surface area (Å²) < 4.78 is 0.184. The van der Waals surface area contributed by atoms with E-state index in [1.165, 1.54) is 0 Å². The van der Waals surface area contributed by atoms with Gasteiger partial charge in [-0.3, -0.25) is 4.99 Å². The van der Waals surface area contributed by atoms with Crippen LogP contribution < -0.4 is 15.5 Å². The number of halogens is 1. The molecule has 1 aliphatic rings. The van der Waals surface area contributed by atoms with E-state index in [9.17, 15) is 0 Å². The molecule has 6 nitrogen and oxygen atoms in total. The van der Waals surface area contributed by atoms with E-state index in [0.717, 1.165) is 56.6 Å². The minimum absolute atomic E-state index is 0. The fourth-order valence-electron chi connectivity index (χ4n) is 2.52. The van der Waals surface area contributed by atoms with Gasteiger partial charge in [-0.15, -0.1) is 24.0 Å². The number of piperazine rings is 1. The van der Waals surface area contributed by atoms with Crippen LogP contribution in [0, 0.1) is 0 Å². The normalized spacial score (nSPS) is 16.2. The average Bonchev–Trinajstić information content (AvgIpc) is 2.63. The monoisotopic (exact) mass is 492 g/mol. The summed E-state index contributed by atoms with van der Waals surface area (Å²) in [4.78, 5) is 13.6. The molecule has 0 radical (unpaired) electrons. The van der Waals surface area contributed by atoms with Crippen molar-refractivity contribution in [3.63, 3.8) is 0 Å². The lowest BCUT2D eigenvalue weighted by molar-refractivity contribution is 0.312. The summed E-state index contributed by atoms with van der Waals surface area (Å²) in [6, 6.07) is 4.27. The van der Waals surface area contributed by atoms with Gasteiger partial charge < -0.3 is 20.4 Å². The van der Waals surface area contributed by atoms with Gasteiger partial charge in [0.2, 0.25) is 0 Å². The zero-order valence-corrected chi connectivity index (χ0v) is 19.7. The Hall–Kier alpha value is -0.740. The first-order chi connectivity index (χ1) is 11.9. The highest BCUT2D eigenvalue weighted by Gasteiger charge is 2.16. The van der Waals surface area contributed by atoms with Crippen molar-refractivity contribution in [2.24, 2.45) is 4.99 Å². The summed E-state index contributed by atoms with van der Waals surface area (Å²) in [5.41, 5.74) is 1.16. The zero-order valence-electron chi connectivity index (χ0n) is 16.6. The lowest BCUT2D eigenvalue weighted by Gasteiger charge is -2.33. The number of thioether (sulfide) groups is 1. The van der Waals surface area contributed by atoms with Crippen molar-refractivity contribution in [2.45, 2.75) is 25.1 Å². The largest absolute Gasteiger partial charge is 0.355 e. The smallest absolute Gasteiger partial charge is 0.191 e. The van der Waals surface area contributed by atoms with Crippen molar-refractivity contribution in [3.05, 3.63) is 23.9 Å². The molecular formula is C18H33IN6S. The number of hydrogen-bond acceptors (Lipinski definition) is 5. The van der Waals surface area contributed by atoms with Crippen molar-refractivity contribution in [3.8, 4) is 0 Å². The van der Waals surface area contributed by atoms with Crippen LogP contribution in [0.4, 0.5) is 5.82 Å². The summed E-state index contributed by atoms with van der Waals surface area (Å²) >= 11 is 1.85. The zero-order chi connectivity index (χ0) is 18.3. The Labute approximate surface area is 179 Å². The second-order valence-corrected chi connectivity index (χ2v) is 8.57. The summed E-state index contributed by atoms with van der Waals surface area (Å²) in [5.74, 6) is 1.89. The third kappa shape index (κ3) is 7.48. The predicted molar refractivity (Wildman–Crippen MR) is 125 cm³/mol. The topological polar surface area (TPSA) is 55.8 Å². The van der Waals surface area contributed by atoms with Crippen LogP contribution in [0.2, 0.25) is 0 Å². The number of hydrogen-bond donors (Lipinski definition) is 2. The number of anilines is 1. The highest BCUT2D eigenvalue weighted by atomic mass is 127. The van der Waals surface area contributed by atoms with Crippen molar-refractivity contribution >= 4 is 47.5 Å². The molecule has 0 aromatic carbocycles. The van der Waals surface area contributed by atoms with E-state index in [2.05, 4.69) is 69.7 Å². The van der Waals surface area contributed by atoms with E-state index in [1.54, 1.807) is 7.05 Å². The first-order valence-corrected chi connectivity index (χ1v) is 10.0. The standard InChI is InChI=1S/C18H32N6S.HI/c1-18(2,25-5)14-22-17(19-3)21-13-15-6-7-16(20-12-15)24-10-8-23(4)9-11-24;/h6-7,12H,8-11,13-14H2,1-5H3,(H2,19,21,22);1H.